The molecule has 3 rings (SSSR count). The Bertz CT molecular complexity index is 1470. The van der Waals surface area contributed by atoms with Crippen LogP contribution in [0.3, 0.4) is 0 Å². The van der Waals surface area contributed by atoms with Crippen LogP contribution in [0.5, 0.6) is 0 Å². The van der Waals surface area contributed by atoms with Crippen molar-refractivity contribution in [3.8, 4) is 0 Å². The van der Waals surface area contributed by atoms with Crippen LogP contribution >= 0.6 is 0 Å². The largest absolute Gasteiger partial charge is 0.416 e. The predicted octanol–water partition coefficient (Wildman–Crippen LogP) is 5.46. The molecule has 0 radical (unpaired) electrons. The van der Waals surface area contributed by atoms with Gasteiger partial charge in [-0.2, -0.15) is 13.2 Å². The first-order valence-electron chi connectivity index (χ1n) is 13.2. The van der Waals surface area contributed by atoms with Crippen LogP contribution < -0.4 is 9.62 Å². The van der Waals surface area contributed by atoms with Crippen LogP contribution in [0.4, 0.5) is 18.9 Å². The van der Waals surface area contributed by atoms with Crippen molar-refractivity contribution in [3.63, 3.8) is 0 Å². The summed E-state index contributed by atoms with van der Waals surface area (Å²) in [6.45, 7) is 6.58. The Morgan fingerprint density at radius 1 is 0.927 bits per heavy atom. The number of hydrogen-bond acceptors (Lipinski definition) is 4. The van der Waals surface area contributed by atoms with Crippen LogP contribution in [0.2, 0.25) is 0 Å². The lowest BCUT2D eigenvalue weighted by molar-refractivity contribution is -0.140. The van der Waals surface area contributed by atoms with Crippen LogP contribution in [0.15, 0.2) is 77.7 Å². The second-order valence-corrected chi connectivity index (χ2v) is 11.5. The van der Waals surface area contributed by atoms with Crippen LogP contribution in [-0.2, 0) is 32.3 Å². The van der Waals surface area contributed by atoms with E-state index in [4.69, 9.17) is 0 Å². The third-order valence-corrected chi connectivity index (χ3v) is 8.48. The van der Waals surface area contributed by atoms with Crippen molar-refractivity contribution in [2.75, 3.05) is 17.4 Å². The van der Waals surface area contributed by atoms with Crippen LogP contribution in [0.25, 0.3) is 0 Å². The highest BCUT2D eigenvalue weighted by atomic mass is 32.2. The number of carbonyl (C=O) groups excluding carboxylic acids is 2. The number of amides is 2. The van der Waals surface area contributed by atoms with Crippen molar-refractivity contribution in [2.24, 2.45) is 0 Å². The lowest BCUT2D eigenvalue weighted by Crippen LogP contribution is -2.52. The lowest BCUT2D eigenvalue weighted by atomic mass is 10.1. The Morgan fingerprint density at radius 3 is 2.17 bits per heavy atom. The number of alkyl halides is 3. The normalized spacial score (nSPS) is 12.5. The van der Waals surface area contributed by atoms with Crippen LogP contribution in [0.1, 0.15) is 42.5 Å². The first-order chi connectivity index (χ1) is 19.3. The van der Waals surface area contributed by atoms with Crippen LogP contribution in [-0.4, -0.2) is 44.3 Å². The third-order valence-electron chi connectivity index (χ3n) is 6.69. The number of nitrogens with zero attached hydrogens (tertiary/aromatic N) is 2. The standard InChI is InChI=1S/C30H34F3N3O4S/c1-5-27(29(38)34-6-2)35(19-23-11-8-7-10-22(23)4)28(37)20-36(25-13-9-12-24(18-25)30(31,32)33)41(39,40)26-16-14-21(3)15-17-26/h7-18,27H,5-6,19-20H2,1-4H3,(H,34,38). The van der Waals surface area contributed by atoms with E-state index >= 15 is 0 Å². The van der Waals surface area contributed by atoms with Gasteiger partial charge in [0.2, 0.25) is 11.8 Å². The zero-order valence-corrected chi connectivity index (χ0v) is 24.2. The fourth-order valence-corrected chi connectivity index (χ4v) is 5.79. The quantitative estimate of drug-likeness (QED) is 0.322. The number of rotatable bonds is 11. The van der Waals surface area contributed by atoms with Gasteiger partial charge >= 0.3 is 6.18 Å². The first-order valence-corrected chi connectivity index (χ1v) is 14.6. The smallest absolute Gasteiger partial charge is 0.355 e. The molecule has 0 fully saturated rings. The highest BCUT2D eigenvalue weighted by molar-refractivity contribution is 7.92. The third kappa shape index (κ3) is 7.66. The summed E-state index contributed by atoms with van der Waals surface area (Å²) in [6, 6.07) is 16.0. The molecule has 7 nitrogen and oxygen atoms in total. The zero-order chi connectivity index (χ0) is 30.4. The number of nitrogens with one attached hydrogen (secondary N) is 1. The van der Waals surface area contributed by atoms with Gasteiger partial charge in [-0.3, -0.25) is 13.9 Å². The fourth-order valence-electron chi connectivity index (χ4n) is 4.39. The molecule has 0 saturated heterocycles. The summed E-state index contributed by atoms with van der Waals surface area (Å²) in [4.78, 5) is 28.1. The topological polar surface area (TPSA) is 86.8 Å². The molecule has 0 heterocycles. The Kier molecular flexibility index (Phi) is 10.2. The highest BCUT2D eigenvalue weighted by Gasteiger charge is 2.36. The van der Waals surface area contributed by atoms with Gasteiger partial charge in [0.15, 0.2) is 0 Å². The molecule has 0 aliphatic heterocycles. The fraction of sp³-hybridized carbons (Fsp3) is 0.333. The number of likely N-dealkylation sites (N-methyl/N-ethyl adjacent to an activating group) is 1. The second-order valence-electron chi connectivity index (χ2n) is 9.64. The van der Waals surface area contributed by atoms with Crippen molar-refractivity contribution in [3.05, 3.63) is 95.1 Å². The summed E-state index contributed by atoms with van der Waals surface area (Å²) in [5.74, 6) is -1.15. The molecule has 1 N–H and O–H groups in total. The Hall–Kier alpha value is -3.86. The molecule has 0 aliphatic carbocycles. The van der Waals surface area contributed by atoms with Gasteiger partial charge in [-0.25, -0.2) is 8.42 Å². The summed E-state index contributed by atoms with van der Waals surface area (Å²) < 4.78 is 69.1. The Labute approximate surface area is 239 Å². The maximum absolute atomic E-state index is 14.0. The van der Waals surface area contributed by atoms with E-state index in [-0.39, 0.29) is 23.5 Å². The predicted molar refractivity (Wildman–Crippen MR) is 152 cm³/mol. The van der Waals surface area contributed by atoms with E-state index in [2.05, 4.69) is 5.32 Å². The molecule has 2 amide bonds. The van der Waals surface area contributed by atoms with Gasteiger partial charge in [0.05, 0.1) is 16.1 Å². The molecule has 11 heteroatoms. The summed E-state index contributed by atoms with van der Waals surface area (Å²) in [6.07, 6.45) is -4.50. The SMILES string of the molecule is CCNC(=O)C(CC)N(Cc1ccccc1C)C(=O)CN(c1cccc(C(F)(F)F)c1)S(=O)(=O)c1ccc(C)cc1. The van der Waals surface area contributed by atoms with Gasteiger partial charge < -0.3 is 10.2 Å². The zero-order valence-electron chi connectivity index (χ0n) is 23.4. The average molecular weight is 590 g/mol. The van der Waals surface area contributed by atoms with Crippen molar-refractivity contribution in [2.45, 2.75) is 57.8 Å². The summed E-state index contributed by atoms with van der Waals surface area (Å²) in [7, 11) is -4.49. The molecule has 1 atom stereocenters. The minimum absolute atomic E-state index is 0.00214. The van der Waals surface area contributed by atoms with E-state index in [0.717, 1.165) is 28.8 Å². The molecule has 0 saturated carbocycles. The van der Waals surface area contributed by atoms with Crippen molar-refractivity contribution >= 4 is 27.5 Å². The lowest BCUT2D eigenvalue weighted by Gasteiger charge is -2.33. The molecule has 3 aromatic rings. The monoisotopic (exact) mass is 589 g/mol. The van der Waals surface area contributed by atoms with Gasteiger partial charge in [-0.05, 0) is 68.7 Å². The van der Waals surface area contributed by atoms with Gasteiger partial charge in [-0.15, -0.1) is 0 Å². The number of halogens is 3. The molecule has 0 aromatic heterocycles. The van der Waals surface area contributed by atoms with Gasteiger partial charge in [-0.1, -0.05) is 55.0 Å². The molecule has 220 valence electrons. The van der Waals surface area contributed by atoms with Crippen molar-refractivity contribution in [1.29, 1.82) is 0 Å². The molecule has 0 aliphatic rings. The maximum atomic E-state index is 14.0. The van der Waals surface area contributed by atoms with Crippen molar-refractivity contribution < 1.29 is 31.2 Å². The number of carbonyl (C=O) groups is 2. The molecule has 0 spiro atoms. The number of sulfonamides is 1. The van der Waals surface area contributed by atoms with E-state index < -0.39 is 46.2 Å². The van der Waals surface area contributed by atoms with E-state index in [1.54, 1.807) is 45.0 Å². The van der Waals surface area contributed by atoms with E-state index in [1.807, 2.05) is 19.1 Å². The molecular formula is C30H34F3N3O4S. The average Bonchev–Trinajstić information content (AvgIpc) is 2.92. The van der Waals surface area contributed by atoms with Crippen molar-refractivity contribution in [1.82, 2.24) is 10.2 Å². The van der Waals surface area contributed by atoms with E-state index in [9.17, 15) is 31.2 Å². The first kappa shape index (κ1) is 31.7. The van der Waals surface area contributed by atoms with Crippen LogP contribution in [0, 0.1) is 13.8 Å². The molecular weight excluding hydrogens is 555 g/mol. The van der Waals surface area contributed by atoms with E-state index in [1.165, 1.54) is 23.1 Å². The van der Waals surface area contributed by atoms with Gasteiger partial charge in [0.25, 0.3) is 10.0 Å². The summed E-state index contributed by atoms with van der Waals surface area (Å²) in [5.41, 5.74) is 1.00. The number of hydrogen-bond donors (Lipinski definition) is 1. The molecule has 0 bridgehead atoms. The number of benzene rings is 3. The highest BCUT2D eigenvalue weighted by Crippen LogP contribution is 2.33. The second kappa shape index (κ2) is 13.2. The van der Waals surface area contributed by atoms with E-state index in [0.29, 0.717) is 16.9 Å². The maximum Gasteiger partial charge on any atom is 0.416 e. The Balaban J connectivity index is 2.13. The minimum atomic E-state index is -4.73. The number of anilines is 1. The summed E-state index contributed by atoms with van der Waals surface area (Å²) >= 11 is 0. The molecule has 1 unspecified atom stereocenters. The van der Waals surface area contributed by atoms with Gasteiger partial charge in [0, 0.05) is 13.1 Å². The van der Waals surface area contributed by atoms with Gasteiger partial charge in [0.1, 0.15) is 12.6 Å². The minimum Gasteiger partial charge on any atom is -0.355 e. The molecule has 41 heavy (non-hydrogen) atoms. The number of aryl methyl sites for hydroxylation is 2. The molecule has 3 aromatic carbocycles. The summed E-state index contributed by atoms with van der Waals surface area (Å²) in [5, 5.41) is 2.71. The Morgan fingerprint density at radius 2 is 1.59 bits per heavy atom.